The number of hydrogen-bond acceptors (Lipinski definition) is 3. The molecular formula is C13H25N3O. The molecule has 1 atom stereocenters. The third-order valence-corrected chi connectivity index (χ3v) is 3.82. The lowest BCUT2D eigenvalue weighted by atomic mass is 9.86. The summed E-state index contributed by atoms with van der Waals surface area (Å²) in [7, 11) is 1.75. The third-order valence-electron chi connectivity index (χ3n) is 3.82. The third kappa shape index (κ3) is 2.87. The highest BCUT2D eigenvalue weighted by Gasteiger charge is 2.33. The van der Waals surface area contributed by atoms with Crippen LogP contribution in [0.4, 0.5) is 0 Å². The van der Waals surface area contributed by atoms with Crippen LogP contribution >= 0.6 is 0 Å². The van der Waals surface area contributed by atoms with Gasteiger partial charge in [-0.15, -0.1) is 0 Å². The van der Waals surface area contributed by atoms with Gasteiger partial charge in [0.15, 0.2) is 0 Å². The van der Waals surface area contributed by atoms with Crippen LogP contribution in [-0.4, -0.2) is 28.3 Å². The molecule has 0 aromatic carbocycles. The maximum absolute atomic E-state index is 6.32. The summed E-state index contributed by atoms with van der Waals surface area (Å²) >= 11 is 0. The van der Waals surface area contributed by atoms with Gasteiger partial charge in [0.05, 0.1) is 5.60 Å². The van der Waals surface area contributed by atoms with Crippen LogP contribution in [0.25, 0.3) is 0 Å². The van der Waals surface area contributed by atoms with Crippen molar-refractivity contribution >= 4 is 0 Å². The normalized spacial score (nSPS) is 13.9. The summed E-state index contributed by atoms with van der Waals surface area (Å²) in [6, 6.07) is -0.0183. The molecule has 1 aromatic rings. The molecule has 1 aromatic heterocycles. The number of ether oxygens (including phenoxy) is 1. The van der Waals surface area contributed by atoms with E-state index in [0.717, 1.165) is 31.6 Å². The minimum atomic E-state index is -0.232. The van der Waals surface area contributed by atoms with E-state index in [1.807, 2.05) is 12.4 Å². The lowest BCUT2D eigenvalue weighted by molar-refractivity contribution is -0.0379. The van der Waals surface area contributed by atoms with Crippen LogP contribution in [0.3, 0.4) is 0 Å². The van der Waals surface area contributed by atoms with Crippen LogP contribution in [0.5, 0.6) is 0 Å². The van der Waals surface area contributed by atoms with Crippen molar-refractivity contribution in [1.82, 2.24) is 9.55 Å². The highest BCUT2D eigenvalue weighted by molar-refractivity contribution is 5.00. The Balaban J connectivity index is 2.80. The number of methoxy groups -OCH3 is 1. The molecular weight excluding hydrogens is 214 g/mol. The maximum atomic E-state index is 6.32. The predicted molar refractivity (Wildman–Crippen MR) is 69.9 cm³/mol. The largest absolute Gasteiger partial charge is 0.377 e. The Morgan fingerprint density at radius 1 is 1.41 bits per heavy atom. The summed E-state index contributed by atoms with van der Waals surface area (Å²) in [4.78, 5) is 4.37. The van der Waals surface area contributed by atoms with Crippen molar-refractivity contribution in [2.24, 2.45) is 5.73 Å². The Hall–Kier alpha value is -0.870. The van der Waals surface area contributed by atoms with Crippen LogP contribution in [0, 0.1) is 0 Å². The molecule has 4 nitrogen and oxygen atoms in total. The van der Waals surface area contributed by atoms with E-state index in [-0.39, 0.29) is 11.6 Å². The van der Waals surface area contributed by atoms with Crippen LogP contribution in [0.15, 0.2) is 12.4 Å². The Morgan fingerprint density at radius 2 is 2.06 bits per heavy atom. The van der Waals surface area contributed by atoms with Crippen molar-refractivity contribution in [2.75, 3.05) is 7.11 Å². The summed E-state index contributed by atoms with van der Waals surface area (Å²) < 4.78 is 7.79. The maximum Gasteiger partial charge on any atom is 0.110 e. The van der Waals surface area contributed by atoms with E-state index < -0.39 is 0 Å². The first-order chi connectivity index (χ1) is 8.13. The highest BCUT2D eigenvalue weighted by Crippen LogP contribution is 2.24. The van der Waals surface area contributed by atoms with Crippen molar-refractivity contribution < 1.29 is 4.74 Å². The molecule has 0 saturated heterocycles. The van der Waals surface area contributed by atoms with E-state index in [2.05, 4.69) is 30.3 Å². The van der Waals surface area contributed by atoms with Crippen LogP contribution in [0.2, 0.25) is 0 Å². The van der Waals surface area contributed by atoms with Crippen LogP contribution < -0.4 is 5.73 Å². The van der Waals surface area contributed by atoms with Gasteiger partial charge in [-0.2, -0.15) is 0 Å². The number of aryl methyl sites for hydroxylation is 1. The van der Waals surface area contributed by atoms with Gasteiger partial charge in [-0.25, -0.2) is 4.98 Å². The van der Waals surface area contributed by atoms with Crippen LogP contribution in [-0.2, 0) is 17.7 Å². The molecule has 17 heavy (non-hydrogen) atoms. The van der Waals surface area contributed by atoms with Gasteiger partial charge in [0, 0.05) is 38.5 Å². The van der Waals surface area contributed by atoms with E-state index in [4.69, 9.17) is 10.5 Å². The van der Waals surface area contributed by atoms with Crippen molar-refractivity contribution in [3.63, 3.8) is 0 Å². The van der Waals surface area contributed by atoms with E-state index in [1.165, 1.54) is 0 Å². The first-order valence-electron chi connectivity index (χ1n) is 6.44. The standard InChI is InChI=1S/C13H25N3O/c1-5-13(6-2,17-4)11(14)10-12-15-8-9-16(12)7-3/h8-9,11H,5-7,10,14H2,1-4H3. The Labute approximate surface area is 104 Å². The molecule has 0 aliphatic rings. The highest BCUT2D eigenvalue weighted by atomic mass is 16.5. The van der Waals surface area contributed by atoms with E-state index in [0.29, 0.717) is 0 Å². The first-order valence-corrected chi connectivity index (χ1v) is 6.44. The van der Waals surface area contributed by atoms with Gasteiger partial charge >= 0.3 is 0 Å². The Kier molecular flexibility index (Phi) is 5.15. The minimum absolute atomic E-state index is 0.0183. The molecule has 1 unspecified atom stereocenters. The molecule has 0 spiro atoms. The van der Waals surface area contributed by atoms with E-state index in [1.54, 1.807) is 7.11 Å². The molecule has 0 bridgehead atoms. The molecule has 0 saturated carbocycles. The Bertz CT molecular complexity index is 323. The molecule has 0 aliphatic carbocycles. The van der Waals surface area contributed by atoms with Crippen molar-refractivity contribution in [3.8, 4) is 0 Å². The molecule has 0 fully saturated rings. The van der Waals surface area contributed by atoms with Gasteiger partial charge in [-0.05, 0) is 19.8 Å². The second-order valence-electron chi connectivity index (χ2n) is 4.42. The smallest absolute Gasteiger partial charge is 0.110 e. The predicted octanol–water partition coefficient (Wildman–Crippen LogP) is 1.98. The number of rotatable bonds is 7. The fraction of sp³-hybridized carbons (Fsp3) is 0.769. The van der Waals surface area contributed by atoms with Gasteiger partial charge in [0.1, 0.15) is 5.82 Å². The number of aromatic nitrogens is 2. The fourth-order valence-electron chi connectivity index (χ4n) is 2.42. The zero-order chi connectivity index (χ0) is 12.9. The zero-order valence-corrected chi connectivity index (χ0v) is 11.4. The average molecular weight is 239 g/mol. The van der Waals surface area contributed by atoms with Crippen molar-refractivity contribution in [1.29, 1.82) is 0 Å². The monoisotopic (exact) mass is 239 g/mol. The van der Waals surface area contributed by atoms with E-state index in [9.17, 15) is 0 Å². The number of nitrogens with zero attached hydrogens (tertiary/aromatic N) is 2. The average Bonchev–Trinajstić information content (AvgIpc) is 2.79. The molecule has 4 heteroatoms. The second kappa shape index (κ2) is 6.17. The van der Waals surface area contributed by atoms with Crippen LogP contribution in [0.1, 0.15) is 39.4 Å². The second-order valence-corrected chi connectivity index (χ2v) is 4.42. The lowest BCUT2D eigenvalue weighted by Gasteiger charge is -2.36. The summed E-state index contributed by atoms with van der Waals surface area (Å²) in [6.45, 7) is 7.29. The number of nitrogens with two attached hydrogens (primary N) is 1. The summed E-state index contributed by atoms with van der Waals surface area (Å²) in [5.74, 6) is 1.04. The van der Waals surface area contributed by atoms with Gasteiger partial charge in [-0.1, -0.05) is 13.8 Å². The van der Waals surface area contributed by atoms with Crippen molar-refractivity contribution in [3.05, 3.63) is 18.2 Å². The first kappa shape index (κ1) is 14.2. The Morgan fingerprint density at radius 3 is 2.53 bits per heavy atom. The molecule has 1 heterocycles. The van der Waals surface area contributed by atoms with Gasteiger partial charge in [0.2, 0.25) is 0 Å². The zero-order valence-electron chi connectivity index (χ0n) is 11.4. The minimum Gasteiger partial charge on any atom is -0.377 e. The SMILES string of the molecule is CCn1ccnc1CC(N)C(CC)(CC)OC. The number of hydrogen-bond donors (Lipinski definition) is 1. The van der Waals surface area contributed by atoms with E-state index >= 15 is 0 Å². The molecule has 0 aliphatic heterocycles. The molecule has 2 N–H and O–H groups in total. The molecule has 98 valence electrons. The lowest BCUT2D eigenvalue weighted by Crippen LogP contribution is -2.50. The van der Waals surface area contributed by atoms with Crippen molar-refractivity contribution in [2.45, 2.75) is 58.2 Å². The quantitative estimate of drug-likeness (QED) is 0.791. The molecule has 1 rings (SSSR count). The molecule has 0 amide bonds. The number of imidazole rings is 1. The topological polar surface area (TPSA) is 53.1 Å². The van der Waals surface area contributed by atoms with Gasteiger partial charge in [-0.3, -0.25) is 0 Å². The summed E-state index contributed by atoms with van der Waals surface area (Å²) in [6.07, 6.45) is 6.44. The van der Waals surface area contributed by atoms with Gasteiger partial charge in [0.25, 0.3) is 0 Å². The summed E-state index contributed by atoms with van der Waals surface area (Å²) in [5, 5.41) is 0. The molecule has 0 radical (unpaired) electrons. The fourth-order valence-corrected chi connectivity index (χ4v) is 2.42. The summed E-state index contributed by atoms with van der Waals surface area (Å²) in [5.41, 5.74) is 6.09. The van der Waals surface area contributed by atoms with Gasteiger partial charge < -0.3 is 15.0 Å².